The Morgan fingerprint density at radius 3 is 2.59 bits per heavy atom. The van der Waals surface area contributed by atoms with Crippen LogP contribution in [-0.4, -0.2) is 24.3 Å². The first-order valence-corrected chi connectivity index (χ1v) is 6.71. The second-order valence-electron chi connectivity index (χ2n) is 4.52. The van der Waals surface area contributed by atoms with Crippen LogP contribution < -0.4 is 0 Å². The third-order valence-electron chi connectivity index (χ3n) is 3.26. The van der Waals surface area contributed by atoms with Gasteiger partial charge in [0.2, 0.25) is 0 Å². The van der Waals surface area contributed by atoms with Crippen molar-refractivity contribution in [3.8, 4) is 12.1 Å². The van der Waals surface area contributed by atoms with Crippen LogP contribution in [0.2, 0.25) is 0 Å². The molecule has 1 rings (SSSR count). The number of carbonyl (C=O) groups is 2. The van der Waals surface area contributed by atoms with Crippen LogP contribution in [0.1, 0.15) is 26.2 Å². The van der Waals surface area contributed by atoms with Gasteiger partial charge in [-0.05, 0) is 37.3 Å². The monoisotopic (exact) mass is 298 g/mol. The van der Waals surface area contributed by atoms with Gasteiger partial charge in [0.1, 0.15) is 23.5 Å². The average Bonchev–Trinajstić information content (AvgIpc) is 2.51. The number of carbonyl (C=O) groups excluding carboxylic acids is 3. The van der Waals surface area contributed by atoms with Gasteiger partial charge in [-0.25, -0.2) is 9.59 Å². The Bertz CT molecular complexity index is 667. The van der Waals surface area contributed by atoms with Gasteiger partial charge in [-0.3, -0.25) is 4.79 Å². The van der Waals surface area contributed by atoms with E-state index in [0.717, 1.165) is 0 Å². The molecule has 0 bridgehead atoms. The number of rotatable bonds is 5. The van der Waals surface area contributed by atoms with Crippen molar-refractivity contribution in [3.05, 3.63) is 28.9 Å². The fourth-order valence-electron chi connectivity index (χ4n) is 2.19. The zero-order chi connectivity index (χ0) is 16.5. The molecule has 1 aliphatic rings. The molecule has 0 fully saturated rings. The van der Waals surface area contributed by atoms with Gasteiger partial charge in [0.05, 0.1) is 18.8 Å². The minimum atomic E-state index is -1.02. The van der Waals surface area contributed by atoms with Crippen LogP contribution in [0, 0.1) is 28.6 Å². The molecular weight excluding hydrogens is 284 g/mol. The molecule has 0 aliphatic heterocycles. The number of nitriles is 2. The summed E-state index contributed by atoms with van der Waals surface area (Å²) in [7, 11) is 0. The number of hydrogen-bond donors (Lipinski definition) is 0. The van der Waals surface area contributed by atoms with Gasteiger partial charge >= 0.3 is 5.97 Å². The Kier molecular flexibility index (Phi) is 6.50. The van der Waals surface area contributed by atoms with Crippen molar-refractivity contribution in [2.75, 3.05) is 6.61 Å². The molecule has 0 aromatic rings. The standard InChI is InChI=1S/C16H14N2O4/c1-2-22-16(21)14(10-18)12-5-3-11(4-6-12)13(9-17)15(20)7-8-19/h3,7,13H,2,4-6H2,1H3. The molecule has 0 spiro atoms. The summed E-state index contributed by atoms with van der Waals surface area (Å²) in [6.07, 6.45) is 3.42. The third-order valence-corrected chi connectivity index (χ3v) is 3.26. The second kappa shape index (κ2) is 8.36. The van der Waals surface area contributed by atoms with Crippen LogP contribution in [0.5, 0.6) is 0 Å². The van der Waals surface area contributed by atoms with Gasteiger partial charge in [0.25, 0.3) is 0 Å². The molecule has 0 heterocycles. The van der Waals surface area contributed by atoms with Crippen LogP contribution >= 0.6 is 0 Å². The first kappa shape index (κ1) is 17.1. The van der Waals surface area contributed by atoms with Crippen LogP contribution in [0.15, 0.2) is 28.9 Å². The smallest absolute Gasteiger partial charge is 0.348 e. The van der Waals surface area contributed by atoms with E-state index in [2.05, 4.69) is 0 Å². The molecule has 22 heavy (non-hydrogen) atoms. The minimum absolute atomic E-state index is 0.0234. The van der Waals surface area contributed by atoms with E-state index < -0.39 is 17.7 Å². The molecule has 0 N–H and O–H groups in total. The Morgan fingerprint density at radius 1 is 1.41 bits per heavy atom. The van der Waals surface area contributed by atoms with E-state index in [1.807, 2.05) is 12.1 Å². The lowest BCUT2D eigenvalue weighted by molar-refractivity contribution is -0.138. The van der Waals surface area contributed by atoms with Crippen LogP contribution in [0.3, 0.4) is 0 Å². The van der Waals surface area contributed by atoms with Crippen LogP contribution in [0.4, 0.5) is 0 Å². The molecule has 0 saturated heterocycles. The molecule has 0 radical (unpaired) electrons. The third kappa shape index (κ3) is 4.02. The first-order valence-electron chi connectivity index (χ1n) is 6.71. The highest BCUT2D eigenvalue weighted by Gasteiger charge is 2.25. The second-order valence-corrected chi connectivity index (χ2v) is 4.52. The molecule has 0 saturated carbocycles. The van der Waals surface area contributed by atoms with E-state index in [-0.39, 0.29) is 12.2 Å². The summed E-state index contributed by atoms with van der Waals surface area (Å²) in [6, 6.07) is 3.70. The van der Waals surface area contributed by atoms with Crippen molar-refractivity contribution >= 4 is 17.7 Å². The zero-order valence-corrected chi connectivity index (χ0v) is 12.1. The lowest BCUT2D eigenvalue weighted by Gasteiger charge is -2.18. The normalized spacial score (nSPS) is 17.0. The predicted molar refractivity (Wildman–Crippen MR) is 75.6 cm³/mol. The van der Waals surface area contributed by atoms with Gasteiger partial charge in [-0.15, -0.1) is 0 Å². The van der Waals surface area contributed by atoms with E-state index in [0.29, 0.717) is 36.5 Å². The van der Waals surface area contributed by atoms with Crippen molar-refractivity contribution in [2.45, 2.75) is 26.2 Å². The summed E-state index contributed by atoms with van der Waals surface area (Å²) in [5.74, 6) is -0.915. The van der Waals surface area contributed by atoms with Gasteiger partial charge in [0.15, 0.2) is 5.78 Å². The Hall–Kier alpha value is -2.95. The molecule has 6 heteroatoms. The van der Waals surface area contributed by atoms with E-state index in [4.69, 9.17) is 15.3 Å². The molecule has 0 aromatic heterocycles. The number of allylic oxidation sites excluding steroid dienone is 4. The van der Waals surface area contributed by atoms with E-state index in [1.165, 1.54) is 5.94 Å². The molecule has 0 amide bonds. The van der Waals surface area contributed by atoms with E-state index >= 15 is 0 Å². The summed E-state index contributed by atoms with van der Waals surface area (Å²) in [5, 5.41) is 18.1. The van der Waals surface area contributed by atoms with Crippen LogP contribution in [-0.2, 0) is 19.1 Å². The first-order chi connectivity index (χ1) is 10.6. The molecule has 1 aliphatic carbocycles. The maximum Gasteiger partial charge on any atom is 0.348 e. The Balaban J connectivity index is 2.99. The summed E-state index contributed by atoms with van der Waals surface area (Å²) in [5.41, 5.74) is 1.19. The maximum absolute atomic E-state index is 11.7. The summed E-state index contributed by atoms with van der Waals surface area (Å²) >= 11 is 0. The number of ether oxygens (including phenoxy) is 1. The van der Waals surface area contributed by atoms with E-state index in [9.17, 15) is 14.4 Å². The van der Waals surface area contributed by atoms with Crippen molar-refractivity contribution in [2.24, 2.45) is 5.92 Å². The SMILES string of the molecule is CCOC(=O)C(C#N)=C1CC=C(C(C#N)C(=O)C=C=O)CC1. The minimum Gasteiger partial charge on any atom is -0.462 e. The zero-order valence-electron chi connectivity index (χ0n) is 12.1. The molecule has 112 valence electrons. The highest BCUT2D eigenvalue weighted by Crippen LogP contribution is 2.30. The van der Waals surface area contributed by atoms with Crippen LogP contribution in [0.25, 0.3) is 0 Å². The molecule has 1 atom stereocenters. The highest BCUT2D eigenvalue weighted by molar-refractivity contribution is 6.00. The molecule has 1 unspecified atom stereocenters. The quantitative estimate of drug-likeness (QED) is 0.251. The Labute approximate surface area is 128 Å². The molecule has 0 aromatic carbocycles. The summed E-state index contributed by atoms with van der Waals surface area (Å²) in [4.78, 5) is 33.5. The van der Waals surface area contributed by atoms with Crippen molar-refractivity contribution in [1.82, 2.24) is 0 Å². The van der Waals surface area contributed by atoms with Crippen molar-refractivity contribution < 1.29 is 19.1 Å². The number of ketones is 1. The molecular formula is C16H14N2O4. The lowest BCUT2D eigenvalue weighted by atomic mass is 9.84. The largest absolute Gasteiger partial charge is 0.462 e. The van der Waals surface area contributed by atoms with Gasteiger partial charge in [-0.2, -0.15) is 10.5 Å². The van der Waals surface area contributed by atoms with Crippen molar-refractivity contribution in [1.29, 1.82) is 10.5 Å². The average molecular weight is 298 g/mol. The number of esters is 1. The summed E-state index contributed by atoms with van der Waals surface area (Å²) < 4.78 is 4.82. The predicted octanol–water partition coefficient (Wildman–Crippen LogP) is 1.58. The fraction of sp³-hybridized carbons (Fsp3) is 0.375. The Morgan fingerprint density at radius 2 is 2.14 bits per heavy atom. The number of hydrogen-bond acceptors (Lipinski definition) is 6. The van der Waals surface area contributed by atoms with E-state index in [1.54, 1.807) is 13.0 Å². The lowest BCUT2D eigenvalue weighted by Crippen LogP contribution is -2.16. The topological polar surface area (TPSA) is 108 Å². The van der Waals surface area contributed by atoms with Gasteiger partial charge in [-0.1, -0.05) is 6.08 Å². The number of nitrogens with zero attached hydrogens (tertiary/aromatic N) is 2. The maximum atomic E-state index is 11.7. The fourth-order valence-corrected chi connectivity index (χ4v) is 2.19. The van der Waals surface area contributed by atoms with Gasteiger partial charge < -0.3 is 4.74 Å². The molecule has 6 nitrogen and oxygen atoms in total. The highest BCUT2D eigenvalue weighted by atomic mass is 16.5. The van der Waals surface area contributed by atoms with Gasteiger partial charge in [0, 0.05) is 0 Å². The summed E-state index contributed by atoms with van der Waals surface area (Å²) in [6.45, 7) is 1.83. The van der Waals surface area contributed by atoms with Crippen molar-refractivity contribution in [3.63, 3.8) is 0 Å².